The van der Waals surface area contributed by atoms with Gasteiger partial charge in [-0.15, -0.1) is 10.2 Å². The monoisotopic (exact) mass is 384 g/mol. The maximum absolute atomic E-state index is 12.5. The fourth-order valence-corrected chi connectivity index (χ4v) is 3.72. The molecular weight excluding hydrogens is 364 g/mol. The molecule has 3 heterocycles. The van der Waals surface area contributed by atoms with Gasteiger partial charge in [-0.2, -0.15) is 0 Å². The Balaban J connectivity index is 1.28. The summed E-state index contributed by atoms with van der Waals surface area (Å²) in [4.78, 5) is 16.7. The van der Waals surface area contributed by atoms with Crippen molar-refractivity contribution in [2.75, 3.05) is 36.8 Å². The van der Waals surface area contributed by atoms with Gasteiger partial charge >= 0.3 is 0 Å². The molecule has 140 valence electrons. The van der Waals surface area contributed by atoms with E-state index in [9.17, 15) is 4.79 Å². The molecule has 1 aromatic carbocycles. The smallest absolute Gasteiger partial charge is 0.277 e. The fourth-order valence-electron chi connectivity index (χ4n) is 3.05. The van der Waals surface area contributed by atoms with Crippen molar-refractivity contribution in [2.45, 2.75) is 12.1 Å². The van der Waals surface area contributed by atoms with Gasteiger partial charge in [-0.1, -0.05) is 30.0 Å². The Labute approximate surface area is 161 Å². The number of anilines is 1. The molecule has 8 heteroatoms. The third-order valence-corrected chi connectivity index (χ3v) is 5.37. The highest BCUT2D eigenvalue weighted by atomic mass is 32.2. The van der Waals surface area contributed by atoms with E-state index in [0.717, 1.165) is 37.5 Å². The molecule has 3 aromatic rings. The van der Waals surface area contributed by atoms with E-state index < -0.39 is 0 Å². The summed E-state index contributed by atoms with van der Waals surface area (Å²) in [7, 11) is 0. The van der Waals surface area contributed by atoms with Crippen LogP contribution in [0.15, 0.2) is 56.7 Å². The number of nitrogens with zero attached hydrogens (tertiary/aromatic N) is 4. The predicted octanol–water partition coefficient (Wildman–Crippen LogP) is 3.08. The Morgan fingerprint density at radius 1 is 1.11 bits per heavy atom. The van der Waals surface area contributed by atoms with E-state index >= 15 is 0 Å². The van der Waals surface area contributed by atoms with Crippen LogP contribution < -0.4 is 4.90 Å². The van der Waals surface area contributed by atoms with E-state index in [-0.39, 0.29) is 11.7 Å². The minimum Gasteiger partial charge on any atom is -0.469 e. The summed E-state index contributed by atoms with van der Waals surface area (Å²) in [6.45, 7) is 4.95. The minimum absolute atomic E-state index is 0.0898. The van der Waals surface area contributed by atoms with Crippen molar-refractivity contribution in [1.29, 1.82) is 0 Å². The average molecular weight is 384 g/mol. The Morgan fingerprint density at radius 2 is 1.89 bits per heavy atom. The molecule has 0 spiro atoms. The number of para-hydroxylation sites is 1. The topological polar surface area (TPSA) is 75.6 Å². The van der Waals surface area contributed by atoms with Crippen molar-refractivity contribution >= 4 is 23.4 Å². The van der Waals surface area contributed by atoms with E-state index in [1.54, 1.807) is 12.3 Å². The van der Waals surface area contributed by atoms with Crippen molar-refractivity contribution < 1.29 is 13.6 Å². The molecule has 7 nitrogen and oxygen atoms in total. The van der Waals surface area contributed by atoms with Crippen molar-refractivity contribution in [1.82, 2.24) is 15.1 Å². The first kappa shape index (κ1) is 17.7. The number of rotatable bonds is 5. The van der Waals surface area contributed by atoms with Gasteiger partial charge in [0.15, 0.2) is 0 Å². The second kappa shape index (κ2) is 7.87. The number of aryl methyl sites for hydroxylation is 1. The molecule has 1 amide bonds. The Bertz CT molecular complexity index is 901. The lowest BCUT2D eigenvalue weighted by molar-refractivity contribution is -0.128. The lowest BCUT2D eigenvalue weighted by Crippen LogP contribution is -2.49. The quantitative estimate of drug-likeness (QED) is 0.626. The largest absolute Gasteiger partial charge is 0.469 e. The van der Waals surface area contributed by atoms with Gasteiger partial charge in [0.2, 0.25) is 5.91 Å². The highest BCUT2D eigenvalue weighted by Crippen LogP contribution is 2.26. The van der Waals surface area contributed by atoms with Crippen LogP contribution >= 0.6 is 11.8 Å². The molecule has 1 aliphatic rings. The molecule has 2 aromatic heterocycles. The Hall–Kier alpha value is -2.74. The minimum atomic E-state index is 0.0898. The number of benzene rings is 1. The second-order valence-corrected chi connectivity index (χ2v) is 7.18. The van der Waals surface area contributed by atoms with E-state index in [1.165, 1.54) is 17.4 Å². The number of furan rings is 1. The molecule has 0 unspecified atom stereocenters. The maximum Gasteiger partial charge on any atom is 0.277 e. The Morgan fingerprint density at radius 3 is 2.59 bits per heavy atom. The summed E-state index contributed by atoms with van der Waals surface area (Å²) in [5.41, 5.74) is 1.98. The van der Waals surface area contributed by atoms with Gasteiger partial charge in [-0.25, -0.2) is 0 Å². The lowest BCUT2D eigenvalue weighted by Gasteiger charge is -2.36. The number of hydrogen-bond donors (Lipinski definition) is 0. The molecule has 0 saturated carbocycles. The van der Waals surface area contributed by atoms with Crippen molar-refractivity contribution in [3.05, 3.63) is 48.4 Å². The van der Waals surface area contributed by atoms with E-state index in [4.69, 9.17) is 8.83 Å². The summed E-state index contributed by atoms with van der Waals surface area (Å²) in [6.07, 6.45) is 1.58. The number of carbonyl (C=O) groups excluding carboxylic acids is 1. The maximum atomic E-state index is 12.5. The molecule has 0 bridgehead atoms. The summed E-state index contributed by atoms with van der Waals surface area (Å²) in [5.74, 6) is 1.51. The van der Waals surface area contributed by atoms with Crippen LogP contribution in [-0.2, 0) is 4.79 Å². The molecule has 1 saturated heterocycles. The zero-order valence-electron chi connectivity index (χ0n) is 15.0. The molecule has 0 radical (unpaired) electrons. The van der Waals surface area contributed by atoms with Crippen LogP contribution in [0, 0.1) is 6.92 Å². The molecule has 1 fully saturated rings. The number of amides is 1. The summed E-state index contributed by atoms with van der Waals surface area (Å²) < 4.78 is 10.9. The standard InChI is InChI=1S/C19H20N4O3S/c1-14-16(7-12-25-14)18-20-21-19(26-18)27-13-17(24)23-10-8-22(9-11-23)15-5-3-2-4-6-15/h2-7,12H,8-11,13H2,1H3. The van der Waals surface area contributed by atoms with Crippen molar-refractivity contribution in [3.8, 4) is 11.5 Å². The highest BCUT2D eigenvalue weighted by Gasteiger charge is 2.22. The van der Waals surface area contributed by atoms with E-state index in [1.807, 2.05) is 30.0 Å². The average Bonchev–Trinajstić information content (AvgIpc) is 3.35. The molecule has 1 aliphatic heterocycles. The number of carbonyl (C=O) groups is 1. The first-order valence-electron chi connectivity index (χ1n) is 8.79. The van der Waals surface area contributed by atoms with Crippen LogP contribution in [-0.4, -0.2) is 52.9 Å². The van der Waals surface area contributed by atoms with Crippen LogP contribution in [0.25, 0.3) is 11.5 Å². The van der Waals surface area contributed by atoms with Gasteiger partial charge in [0.25, 0.3) is 11.1 Å². The molecule has 0 atom stereocenters. The zero-order chi connectivity index (χ0) is 18.6. The number of hydrogen-bond acceptors (Lipinski definition) is 7. The first-order chi connectivity index (χ1) is 13.2. The lowest BCUT2D eigenvalue weighted by atomic mass is 10.2. The van der Waals surface area contributed by atoms with Crippen molar-refractivity contribution in [2.24, 2.45) is 0 Å². The van der Waals surface area contributed by atoms with Crippen LogP contribution in [0.1, 0.15) is 5.76 Å². The van der Waals surface area contributed by atoms with Crippen LogP contribution in [0.3, 0.4) is 0 Å². The number of thioether (sulfide) groups is 1. The summed E-state index contributed by atoms with van der Waals surface area (Å²) >= 11 is 1.27. The molecule has 4 rings (SSSR count). The molecular formula is C19H20N4O3S. The van der Waals surface area contributed by atoms with E-state index in [0.29, 0.717) is 11.1 Å². The summed E-state index contributed by atoms with van der Waals surface area (Å²) in [6, 6.07) is 12.1. The molecule has 0 aliphatic carbocycles. The van der Waals surface area contributed by atoms with Gasteiger partial charge in [0, 0.05) is 31.9 Å². The predicted molar refractivity (Wildman–Crippen MR) is 103 cm³/mol. The number of piperazine rings is 1. The fraction of sp³-hybridized carbons (Fsp3) is 0.316. The normalized spacial score (nSPS) is 14.6. The SMILES string of the molecule is Cc1occc1-c1nnc(SCC(=O)N2CCN(c3ccccc3)CC2)o1. The van der Waals surface area contributed by atoms with Gasteiger partial charge in [0.1, 0.15) is 5.76 Å². The van der Waals surface area contributed by atoms with Crippen LogP contribution in [0.4, 0.5) is 5.69 Å². The third-order valence-electron chi connectivity index (χ3n) is 4.57. The number of aromatic nitrogens is 2. The van der Waals surface area contributed by atoms with Crippen LogP contribution in [0.2, 0.25) is 0 Å². The summed E-state index contributed by atoms with van der Waals surface area (Å²) in [5, 5.41) is 8.42. The molecule has 0 N–H and O–H groups in total. The second-order valence-electron chi connectivity index (χ2n) is 6.26. The van der Waals surface area contributed by atoms with Crippen molar-refractivity contribution in [3.63, 3.8) is 0 Å². The first-order valence-corrected chi connectivity index (χ1v) is 9.78. The zero-order valence-corrected chi connectivity index (χ0v) is 15.8. The Kier molecular flexibility index (Phi) is 5.15. The molecule has 27 heavy (non-hydrogen) atoms. The van der Waals surface area contributed by atoms with Gasteiger partial charge in [-0.3, -0.25) is 4.79 Å². The third kappa shape index (κ3) is 4.00. The van der Waals surface area contributed by atoms with Gasteiger partial charge < -0.3 is 18.6 Å². The van der Waals surface area contributed by atoms with Gasteiger partial charge in [0.05, 0.1) is 17.6 Å². The highest BCUT2D eigenvalue weighted by molar-refractivity contribution is 7.99. The van der Waals surface area contributed by atoms with Crippen LogP contribution in [0.5, 0.6) is 0 Å². The van der Waals surface area contributed by atoms with Gasteiger partial charge in [-0.05, 0) is 25.1 Å². The van der Waals surface area contributed by atoms with E-state index in [2.05, 4.69) is 27.2 Å².